The fourth-order valence-corrected chi connectivity index (χ4v) is 2.43. The van der Waals surface area contributed by atoms with E-state index in [-0.39, 0.29) is 6.04 Å². The lowest BCUT2D eigenvalue weighted by molar-refractivity contribution is 0.813. The first kappa shape index (κ1) is 12.6. The van der Waals surface area contributed by atoms with Gasteiger partial charge in [0.25, 0.3) is 0 Å². The molecule has 2 N–H and O–H groups in total. The third-order valence-electron chi connectivity index (χ3n) is 2.72. The van der Waals surface area contributed by atoms with Gasteiger partial charge in [0.05, 0.1) is 0 Å². The first-order chi connectivity index (χ1) is 7.15. The highest BCUT2D eigenvalue weighted by atomic mass is 32.2. The molecule has 84 valence electrons. The Bertz CT molecular complexity index is 298. The van der Waals surface area contributed by atoms with E-state index in [2.05, 4.69) is 45.0 Å². The molecular weight excluding hydrogens is 202 g/mol. The summed E-state index contributed by atoms with van der Waals surface area (Å²) in [6.45, 7) is 6.61. The Hall–Kier alpha value is -0.470. The van der Waals surface area contributed by atoms with Crippen molar-refractivity contribution in [3.63, 3.8) is 0 Å². The van der Waals surface area contributed by atoms with Crippen LogP contribution in [0.15, 0.2) is 24.3 Å². The summed E-state index contributed by atoms with van der Waals surface area (Å²) in [7, 11) is 0. The van der Waals surface area contributed by atoms with Crippen molar-refractivity contribution in [2.45, 2.75) is 38.5 Å². The maximum atomic E-state index is 6.18. The van der Waals surface area contributed by atoms with Gasteiger partial charge in [0, 0.05) is 17.0 Å². The molecule has 0 aliphatic rings. The smallest absolute Gasteiger partial charge is 0.0389 e. The van der Waals surface area contributed by atoms with E-state index in [1.807, 2.05) is 11.8 Å². The predicted octanol–water partition coefficient (Wildman–Crippen LogP) is 3.53. The van der Waals surface area contributed by atoms with E-state index in [4.69, 9.17) is 5.73 Å². The maximum absolute atomic E-state index is 6.18. The van der Waals surface area contributed by atoms with Crippen molar-refractivity contribution in [2.75, 3.05) is 5.75 Å². The van der Waals surface area contributed by atoms with Crippen LogP contribution in [0.4, 0.5) is 0 Å². The molecule has 0 aliphatic carbocycles. The second-order valence-electron chi connectivity index (χ2n) is 4.02. The van der Waals surface area contributed by atoms with Gasteiger partial charge in [-0.1, -0.05) is 38.1 Å². The van der Waals surface area contributed by atoms with Crippen LogP contribution in [0.25, 0.3) is 0 Å². The van der Waals surface area contributed by atoms with Gasteiger partial charge in [-0.15, -0.1) is 0 Å². The van der Waals surface area contributed by atoms with Gasteiger partial charge in [-0.3, -0.25) is 0 Å². The Morgan fingerprint density at radius 2 is 2.00 bits per heavy atom. The van der Waals surface area contributed by atoms with Crippen LogP contribution in [0.1, 0.15) is 37.4 Å². The molecule has 1 aromatic rings. The Morgan fingerprint density at radius 3 is 2.60 bits per heavy atom. The van der Waals surface area contributed by atoms with Crippen molar-refractivity contribution in [3.8, 4) is 0 Å². The van der Waals surface area contributed by atoms with Gasteiger partial charge in [0.2, 0.25) is 0 Å². The van der Waals surface area contributed by atoms with Crippen molar-refractivity contribution in [2.24, 2.45) is 5.73 Å². The number of hydrogen-bond acceptors (Lipinski definition) is 2. The lowest BCUT2D eigenvalue weighted by Gasteiger charge is -2.16. The number of nitrogens with two attached hydrogens (primary N) is 1. The molecule has 0 spiro atoms. The average Bonchev–Trinajstić information content (AvgIpc) is 2.26. The summed E-state index contributed by atoms with van der Waals surface area (Å²) in [5.74, 6) is 1.01. The fraction of sp³-hybridized carbons (Fsp3) is 0.538. The lowest BCUT2D eigenvalue weighted by atomic mass is 10.0. The third kappa shape index (κ3) is 3.88. The van der Waals surface area contributed by atoms with Crippen LogP contribution in [0, 0.1) is 6.92 Å². The Balaban J connectivity index is 2.54. The lowest BCUT2D eigenvalue weighted by Crippen LogP contribution is -2.15. The Morgan fingerprint density at radius 1 is 1.33 bits per heavy atom. The molecule has 0 saturated heterocycles. The summed E-state index contributed by atoms with van der Waals surface area (Å²) in [6.07, 6.45) is 1.21. The molecule has 0 saturated carbocycles. The summed E-state index contributed by atoms with van der Waals surface area (Å²) in [4.78, 5) is 0. The zero-order valence-electron chi connectivity index (χ0n) is 9.86. The van der Waals surface area contributed by atoms with E-state index in [1.54, 1.807) is 0 Å². The van der Waals surface area contributed by atoms with Gasteiger partial charge >= 0.3 is 0 Å². The van der Waals surface area contributed by atoms with Crippen molar-refractivity contribution in [1.82, 2.24) is 0 Å². The van der Waals surface area contributed by atoms with Crippen molar-refractivity contribution >= 4 is 11.8 Å². The van der Waals surface area contributed by atoms with E-state index >= 15 is 0 Å². The van der Waals surface area contributed by atoms with Crippen molar-refractivity contribution in [1.29, 1.82) is 0 Å². The standard InChI is InChI=1S/C13H21NS/c1-4-11(3)15-9-13(14)12-8-6-5-7-10(12)2/h5-8,11,13H,4,9,14H2,1-3H3. The van der Waals surface area contributed by atoms with E-state index in [0.29, 0.717) is 5.25 Å². The molecule has 1 aromatic carbocycles. The van der Waals surface area contributed by atoms with E-state index in [9.17, 15) is 0 Å². The number of aryl methyl sites for hydroxylation is 1. The quantitative estimate of drug-likeness (QED) is 0.826. The number of hydrogen-bond donors (Lipinski definition) is 1. The van der Waals surface area contributed by atoms with Crippen LogP contribution < -0.4 is 5.73 Å². The zero-order valence-corrected chi connectivity index (χ0v) is 10.7. The van der Waals surface area contributed by atoms with Crippen LogP contribution in [0.2, 0.25) is 0 Å². The molecule has 0 fully saturated rings. The van der Waals surface area contributed by atoms with E-state index < -0.39 is 0 Å². The van der Waals surface area contributed by atoms with Crippen LogP contribution in [-0.4, -0.2) is 11.0 Å². The van der Waals surface area contributed by atoms with E-state index in [0.717, 1.165) is 5.75 Å². The zero-order chi connectivity index (χ0) is 11.3. The van der Waals surface area contributed by atoms with Gasteiger partial charge in [-0.25, -0.2) is 0 Å². The van der Waals surface area contributed by atoms with Gasteiger partial charge in [-0.05, 0) is 24.5 Å². The van der Waals surface area contributed by atoms with Gasteiger partial charge in [0.1, 0.15) is 0 Å². The second-order valence-corrected chi connectivity index (χ2v) is 5.49. The van der Waals surface area contributed by atoms with Crippen LogP contribution in [0.3, 0.4) is 0 Å². The Labute approximate surface area is 97.4 Å². The molecule has 0 heterocycles. The molecule has 1 rings (SSSR count). The summed E-state index contributed by atoms with van der Waals surface area (Å²) < 4.78 is 0. The highest BCUT2D eigenvalue weighted by Crippen LogP contribution is 2.22. The molecule has 0 aliphatic heterocycles. The molecule has 0 aromatic heterocycles. The van der Waals surface area contributed by atoms with Gasteiger partial charge in [-0.2, -0.15) is 11.8 Å². The summed E-state index contributed by atoms with van der Waals surface area (Å²) in [5, 5.41) is 0.708. The minimum absolute atomic E-state index is 0.171. The topological polar surface area (TPSA) is 26.0 Å². The van der Waals surface area contributed by atoms with Crippen LogP contribution in [0.5, 0.6) is 0 Å². The van der Waals surface area contributed by atoms with Crippen LogP contribution in [-0.2, 0) is 0 Å². The SMILES string of the molecule is CCC(C)SCC(N)c1ccccc1C. The summed E-state index contributed by atoms with van der Waals surface area (Å²) in [5.41, 5.74) is 8.76. The molecule has 2 unspecified atom stereocenters. The third-order valence-corrected chi connectivity index (χ3v) is 4.18. The van der Waals surface area contributed by atoms with Crippen molar-refractivity contribution < 1.29 is 0 Å². The summed E-state index contributed by atoms with van der Waals surface area (Å²) in [6, 6.07) is 8.56. The number of rotatable bonds is 5. The number of thioether (sulfide) groups is 1. The van der Waals surface area contributed by atoms with E-state index in [1.165, 1.54) is 17.5 Å². The minimum atomic E-state index is 0.171. The largest absolute Gasteiger partial charge is 0.323 e. The monoisotopic (exact) mass is 223 g/mol. The highest BCUT2D eigenvalue weighted by Gasteiger charge is 2.09. The molecule has 15 heavy (non-hydrogen) atoms. The minimum Gasteiger partial charge on any atom is -0.323 e. The van der Waals surface area contributed by atoms with Crippen molar-refractivity contribution in [3.05, 3.63) is 35.4 Å². The second kappa shape index (κ2) is 6.19. The molecule has 0 amide bonds. The molecule has 2 heteroatoms. The van der Waals surface area contributed by atoms with Gasteiger partial charge < -0.3 is 5.73 Å². The molecule has 1 nitrogen and oxygen atoms in total. The Kier molecular flexibility index (Phi) is 5.20. The van der Waals surface area contributed by atoms with Crippen LogP contribution >= 0.6 is 11.8 Å². The normalized spacial score (nSPS) is 14.9. The number of benzene rings is 1. The molecule has 0 bridgehead atoms. The first-order valence-electron chi connectivity index (χ1n) is 5.57. The fourth-order valence-electron chi connectivity index (χ4n) is 1.48. The molecule has 0 radical (unpaired) electrons. The molecule has 2 atom stereocenters. The summed E-state index contributed by atoms with van der Waals surface area (Å²) >= 11 is 1.96. The molecular formula is C13H21NS. The average molecular weight is 223 g/mol. The first-order valence-corrected chi connectivity index (χ1v) is 6.62. The highest BCUT2D eigenvalue weighted by molar-refractivity contribution is 7.99. The maximum Gasteiger partial charge on any atom is 0.0389 e. The predicted molar refractivity (Wildman–Crippen MR) is 70.3 cm³/mol. The van der Waals surface area contributed by atoms with Gasteiger partial charge in [0.15, 0.2) is 0 Å².